The third-order valence-corrected chi connectivity index (χ3v) is 3.21. The Morgan fingerprint density at radius 3 is 2.35 bits per heavy atom. The molecule has 1 rings (SSSR count). The van der Waals surface area contributed by atoms with Crippen LogP contribution in [0, 0.1) is 6.92 Å². The van der Waals surface area contributed by atoms with Gasteiger partial charge in [0.2, 0.25) is 0 Å². The molecule has 1 aromatic carbocycles. The van der Waals surface area contributed by atoms with Crippen LogP contribution in [0.4, 0.5) is 0 Å². The molecule has 0 aromatic heterocycles. The largest absolute Gasteiger partial charge is 0.370 e. The summed E-state index contributed by atoms with van der Waals surface area (Å²) in [7, 11) is -3.37. The Hall–Kier alpha value is -1.89. The second-order valence-electron chi connectivity index (χ2n) is 3.59. The minimum absolute atomic E-state index is 0.0530. The van der Waals surface area contributed by atoms with Crippen LogP contribution in [-0.2, 0) is 9.84 Å². The third kappa shape index (κ3) is 3.28. The molecule has 0 aliphatic carbocycles. The molecule has 0 aliphatic rings. The van der Waals surface area contributed by atoms with Crippen molar-refractivity contribution in [1.29, 1.82) is 0 Å². The molecule has 6 nitrogen and oxygen atoms in total. The molecule has 17 heavy (non-hydrogen) atoms. The Morgan fingerprint density at radius 2 is 1.88 bits per heavy atom. The second kappa shape index (κ2) is 4.54. The van der Waals surface area contributed by atoms with Crippen molar-refractivity contribution in [3.05, 3.63) is 29.3 Å². The summed E-state index contributed by atoms with van der Waals surface area (Å²) in [5.74, 6) is -1.02. The SMILES string of the molecule is Cc1ccc(S(C)(=O)=O)cc1C(=O)N=C(N)N. The number of carbonyl (C=O) groups is 1. The van der Waals surface area contributed by atoms with Gasteiger partial charge in [-0.15, -0.1) is 0 Å². The van der Waals surface area contributed by atoms with Gasteiger partial charge in [0.25, 0.3) is 5.91 Å². The molecule has 0 heterocycles. The van der Waals surface area contributed by atoms with Gasteiger partial charge in [0.15, 0.2) is 15.8 Å². The monoisotopic (exact) mass is 255 g/mol. The van der Waals surface area contributed by atoms with Crippen molar-refractivity contribution in [1.82, 2.24) is 0 Å². The summed E-state index contributed by atoms with van der Waals surface area (Å²) in [6.45, 7) is 1.67. The van der Waals surface area contributed by atoms with Gasteiger partial charge in [-0.3, -0.25) is 4.79 Å². The lowest BCUT2D eigenvalue weighted by molar-refractivity contribution is 0.100. The zero-order valence-electron chi connectivity index (χ0n) is 9.47. The molecule has 1 aromatic rings. The van der Waals surface area contributed by atoms with Crippen LogP contribution in [0.2, 0.25) is 0 Å². The van der Waals surface area contributed by atoms with Gasteiger partial charge in [0.1, 0.15) is 0 Å². The Labute approximate surface area is 99.3 Å². The van der Waals surface area contributed by atoms with Gasteiger partial charge in [-0.05, 0) is 24.6 Å². The van der Waals surface area contributed by atoms with E-state index < -0.39 is 15.7 Å². The summed E-state index contributed by atoms with van der Waals surface area (Å²) >= 11 is 0. The number of hydrogen-bond acceptors (Lipinski definition) is 3. The highest BCUT2D eigenvalue weighted by atomic mass is 32.2. The molecular formula is C10H13N3O3S. The second-order valence-corrected chi connectivity index (χ2v) is 5.61. The molecule has 0 radical (unpaired) electrons. The first-order valence-electron chi connectivity index (χ1n) is 4.66. The molecule has 0 saturated heterocycles. The lowest BCUT2D eigenvalue weighted by atomic mass is 10.1. The molecule has 1 amide bonds. The maximum absolute atomic E-state index is 11.6. The summed E-state index contributed by atoms with van der Waals surface area (Å²) in [6, 6.07) is 4.22. The minimum atomic E-state index is -3.37. The first-order valence-corrected chi connectivity index (χ1v) is 6.55. The first-order chi connectivity index (χ1) is 7.71. The van der Waals surface area contributed by atoms with Crippen molar-refractivity contribution in [3.63, 3.8) is 0 Å². The van der Waals surface area contributed by atoms with Crippen LogP contribution in [0.1, 0.15) is 15.9 Å². The van der Waals surface area contributed by atoms with Gasteiger partial charge in [0, 0.05) is 11.8 Å². The number of sulfone groups is 1. The fourth-order valence-corrected chi connectivity index (χ4v) is 1.89. The van der Waals surface area contributed by atoms with Crippen molar-refractivity contribution in [3.8, 4) is 0 Å². The van der Waals surface area contributed by atoms with Crippen LogP contribution in [-0.4, -0.2) is 26.5 Å². The van der Waals surface area contributed by atoms with Gasteiger partial charge < -0.3 is 11.5 Å². The number of hydrogen-bond donors (Lipinski definition) is 2. The molecule has 4 N–H and O–H groups in total. The van der Waals surface area contributed by atoms with Crippen molar-refractivity contribution in [2.75, 3.05) is 6.26 Å². The standard InChI is InChI=1S/C10H13N3O3S/c1-6-3-4-7(17(2,15)16)5-8(6)9(14)13-10(11)12/h3-5H,1-2H3,(H4,11,12,13,14). The highest BCUT2D eigenvalue weighted by Crippen LogP contribution is 2.16. The molecular weight excluding hydrogens is 242 g/mol. The molecule has 0 aliphatic heterocycles. The normalized spacial score (nSPS) is 10.9. The summed E-state index contributed by atoms with van der Waals surface area (Å²) < 4.78 is 22.7. The van der Waals surface area contributed by atoms with E-state index in [9.17, 15) is 13.2 Å². The summed E-state index contributed by atoms with van der Waals surface area (Å²) in [4.78, 5) is 15.0. The van der Waals surface area contributed by atoms with Crippen molar-refractivity contribution in [2.45, 2.75) is 11.8 Å². The number of rotatable bonds is 2. The van der Waals surface area contributed by atoms with Gasteiger partial charge in [-0.2, -0.15) is 4.99 Å². The number of nitrogens with two attached hydrogens (primary N) is 2. The van der Waals surface area contributed by atoms with Gasteiger partial charge in [-0.25, -0.2) is 8.42 Å². The van der Waals surface area contributed by atoms with Crippen LogP contribution in [0.15, 0.2) is 28.1 Å². The van der Waals surface area contributed by atoms with Crippen molar-refractivity contribution >= 4 is 21.7 Å². The Morgan fingerprint density at radius 1 is 1.29 bits per heavy atom. The van der Waals surface area contributed by atoms with E-state index >= 15 is 0 Å². The number of guanidine groups is 1. The quantitative estimate of drug-likeness (QED) is 0.561. The maximum atomic E-state index is 11.6. The predicted octanol–water partition coefficient (Wildman–Crippen LogP) is -0.188. The van der Waals surface area contributed by atoms with E-state index in [-0.39, 0.29) is 16.4 Å². The van der Waals surface area contributed by atoms with E-state index in [0.29, 0.717) is 5.56 Å². The van der Waals surface area contributed by atoms with Crippen LogP contribution in [0.3, 0.4) is 0 Å². The van der Waals surface area contributed by atoms with Gasteiger partial charge in [-0.1, -0.05) is 6.07 Å². The number of benzene rings is 1. The maximum Gasteiger partial charge on any atom is 0.280 e. The molecule has 0 saturated carbocycles. The smallest absolute Gasteiger partial charge is 0.280 e. The molecule has 7 heteroatoms. The van der Waals surface area contributed by atoms with Crippen molar-refractivity contribution in [2.24, 2.45) is 16.5 Å². The van der Waals surface area contributed by atoms with Crippen LogP contribution < -0.4 is 11.5 Å². The number of aryl methyl sites for hydroxylation is 1. The van der Waals surface area contributed by atoms with Gasteiger partial charge >= 0.3 is 0 Å². The van der Waals surface area contributed by atoms with E-state index in [1.807, 2.05) is 0 Å². The van der Waals surface area contributed by atoms with E-state index in [2.05, 4.69) is 4.99 Å². The van der Waals surface area contributed by atoms with Crippen LogP contribution in [0.25, 0.3) is 0 Å². The summed E-state index contributed by atoms with van der Waals surface area (Å²) in [6.07, 6.45) is 1.06. The number of carbonyl (C=O) groups excluding carboxylic acids is 1. The van der Waals surface area contributed by atoms with Crippen molar-refractivity contribution < 1.29 is 13.2 Å². The fraction of sp³-hybridized carbons (Fsp3) is 0.200. The molecule has 0 atom stereocenters. The molecule has 0 spiro atoms. The lowest BCUT2D eigenvalue weighted by Crippen LogP contribution is -2.24. The fourth-order valence-electron chi connectivity index (χ4n) is 1.24. The average Bonchev–Trinajstić information content (AvgIpc) is 2.15. The first kappa shape index (κ1) is 13.2. The highest BCUT2D eigenvalue weighted by molar-refractivity contribution is 7.90. The number of nitrogens with zero attached hydrogens (tertiary/aromatic N) is 1. The minimum Gasteiger partial charge on any atom is -0.370 e. The Kier molecular flexibility index (Phi) is 3.52. The zero-order chi connectivity index (χ0) is 13.2. The average molecular weight is 255 g/mol. The lowest BCUT2D eigenvalue weighted by Gasteiger charge is -2.04. The van der Waals surface area contributed by atoms with E-state index in [4.69, 9.17) is 11.5 Å². The third-order valence-electron chi connectivity index (χ3n) is 2.10. The summed E-state index contributed by atoms with van der Waals surface area (Å²) in [5, 5.41) is 0. The van der Waals surface area contributed by atoms with Gasteiger partial charge in [0.05, 0.1) is 4.90 Å². The Bertz CT molecular complexity index is 587. The molecule has 0 unspecified atom stereocenters. The molecule has 0 bridgehead atoms. The number of aliphatic imine (C=N–C) groups is 1. The van der Waals surface area contributed by atoms with Crippen LogP contribution >= 0.6 is 0 Å². The van der Waals surface area contributed by atoms with Crippen LogP contribution in [0.5, 0.6) is 0 Å². The Balaban J connectivity index is 3.35. The zero-order valence-corrected chi connectivity index (χ0v) is 10.3. The molecule has 92 valence electrons. The predicted molar refractivity (Wildman–Crippen MR) is 64.4 cm³/mol. The van der Waals surface area contributed by atoms with E-state index in [0.717, 1.165) is 6.26 Å². The van der Waals surface area contributed by atoms with E-state index in [1.54, 1.807) is 6.92 Å². The number of amides is 1. The summed E-state index contributed by atoms with van der Waals surface area (Å²) in [5.41, 5.74) is 11.0. The topological polar surface area (TPSA) is 116 Å². The van der Waals surface area contributed by atoms with E-state index in [1.165, 1.54) is 18.2 Å². The highest BCUT2D eigenvalue weighted by Gasteiger charge is 2.13. The molecule has 0 fully saturated rings.